The van der Waals surface area contributed by atoms with Crippen molar-refractivity contribution >= 4 is 17.4 Å². The van der Waals surface area contributed by atoms with Crippen molar-refractivity contribution in [2.24, 2.45) is 0 Å². The molecule has 2 rings (SSSR count). The SMILES string of the molecule is CCCc1cc(N)nc(-c2ccc(OC)c(OC)c2Cl)n1. The molecule has 0 spiro atoms. The van der Waals surface area contributed by atoms with E-state index in [0.717, 1.165) is 18.5 Å². The third-order valence-corrected chi connectivity index (χ3v) is 3.41. The first kappa shape index (κ1) is 15.4. The van der Waals surface area contributed by atoms with E-state index in [1.54, 1.807) is 25.3 Å². The molecule has 0 saturated carbocycles. The molecule has 0 bridgehead atoms. The van der Waals surface area contributed by atoms with Gasteiger partial charge in [0.05, 0.1) is 19.2 Å². The van der Waals surface area contributed by atoms with Crippen molar-refractivity contribution in [3.05, 3.63) is 28.9 Å². The number of anilines is 1. The number of halogens is 1. The van der Waals surface area contributed by atoms with Crippen molar-refractivity contribution in [2.45, 2.75) is 19.8 Å². The van der Waals surface area contributed by atoms with Crippen molar-refractivity contribution in [1.29, 1.82) is 0 Å². The van der Waals surface area contributed by atoms with Gasteiger partial charge in [0.2, 0.25) is 0 Å². The van der Waals surface area contributed by atoms with Crippen LogP contribution in [-0.4, -0.2) is 24.2 Å². The largest absolute Gasteiger partial charge is 0.493 e. The van der Waals surface area contributed by atoms with Gasteiger partial charge >= 0.3 is 0 Å². The Kier molecular flexibility index (Phi) is 4.85. The number of nitrogens with zero attached hydrogens (tertiary/aromatic N) is 2. The molecule has 0 radical (unpaired) electrons. The molecule has 5 nitrogen and oxygen atoms in total. The van der Waals surface area contributed by atoms with Gasteiger partial charge in [0.25, 0.3) is 0 Å². The zero-order chi connectivity index (χ0) is 15.4. The van der Waals surface area contributed by atoms with E-state index in [1.165, 1.54) is 7.11 Å². The topological polar surface area (TPSA) is 70.3 Å². The van der Waals surface area contributed by atoms with Gasteiger partial charge in [-0.2, -0.15) is 0 Å². The zero-order valence-electron chi connectivity index (χ0n) is 12.3. The maximum absolute atomic E-state index is 6.38. The van der Waals surface area contributed by atoms with Crippen LogP contribution in [0.25, 0.3) is 11.4 Å². The van der Waals surface area contributed by atoms with Gasteiger partial charge in [-0.3, -0.25) is 0 Å². The lowest BCUT2D eigenvalue weighted by Crippen LogP contribution is -2.01. The zero-order valence-corrected chi connectivity index (χ0v) is 13.1. The molecule has 1 aromatic heterocycles. The smallest absolute Gasteiger partial charge is 0.180 e. The van der Waals surface area contributed by atoms with Crippen molar-refractivity contribution < 1.29 is 9.47 Å². The summed E-state index contributed by atoms with van der Waals surface area (Å²) >= 11 is 6.38. The number of rotatable bonds is 5. The van der Waals surface area contributed by atoms with Crippen LogP contribution in [0.4, 0.5) is 5.82 Å². The number of nitrogen functional groups attached to an aromatic ring is 1. The highest BCUT2D eigenvalue weighted by Crippen LogP contribution is 2.40. The van der Waals surface area contributed by atoms with Crippen molar-refractivity contribution in [3.8, 4) is 22.9 Å². The van der Waals surface area contributed by atoms with Gasteiger partial charge < -0.3 is 15.2 Å². The number of benzene rings is 1. The Morgan fingerprint density at radius 2 is 1.95 bits per heavy atom. The summed E-state index contributed by atoms with van der Waals surface area (Å²) in [6.07, 6.45) is 1.82. The number of aromatic nitrogens is 2. The van der Waals surface area contributed by atoms with Crippen LogP contribution in [0.15, 0.2) is 18.2 Å². The van der Waals surface area contributed by atoms with Gasteiger partial charge in [-0.15, -0.1) is 0 Å². The van der Waals surface area contributed by atoms with Crippen LogP contribution in [-0.2, 0) is 6.42 Å². The van der Waals surface area contributed by atoms with E-state index in [1.807, 2.05) is 0 Å². The van der Waals surface area contributed by atoms with E-state index in [2.05, 4.69) is 16.9 Å². The Morgan fingerprint density at radius 1 is 1.19 bits per heavy atom. The lowest BCUT2D eigenvalue weighted by atomic mass is 10.1. The average Bonchev–Trinajstić information content (AvgIpc) is 2.46. The Labute approximate surface area is 129 Å². The summed E-state index contributed by atoms with van der Waals surface area (Å²) in [5, 5.41) is 0.407. The van der Waals surface area contributed by atoms with Gasteiger partial charge in [-0.1, -0.05) is 24.9 Å². The van der Waals surface area contributed by atoms with E-state index < -0.39 is 0 Å². The van der Waals surface area contributed by atoms with Crippen LogP contribution in [0.3, 0.4) is 0 Å². The van der Waals surface area contributed by atoms with Crippen LogP contribution in [0.1, 0.15) is 19.0 Å². The first-order valence-electron chi connectivity index (χ1n) is 6.65. The van der Waals surface area contributed by atoms with Crippen molar-refractivity contribution in [2.75, 3.05) is 20.0 Å². The van der Waals surface area contributed by atoms with Crippen LogP contribution >= 0.6 is 11.6 Å². The fourth-order valence-corrected chi connectivity index (χ4v) is 2.40. The molecule has 2 aromatic rings. The molecule has 0 aliphatic carbocycles. The monoisotopic (exact) mass is 307 g/mol. The molecule has 1 aromatic carbocycles. The fourth-order valence-electron chi connectivity index (χ4n) is 2.09. The van der Waals surface area contributed by atoms with E-state index >= 15 is 0 Å². The summed E-state index contributed by atoms with van der Waals surface area (Å²) in [5.41, 5.74) is 7.41. The minimum atomic E-state index is 0.407. The molecule has 0 atom stereocenters. The highest BCUT2D eigenvalue weighted by Gasteiger charge is 2.17. The molecule has 1 heterocycles. The molecule has 0 aliphatic rings. The van der Waals surface area contributed by atoms with E-state index in [4.69, 9.17) is 26.8 Å². The lowest BCUT2D eigenvalue weighted by Gasteiger charge is -2.13. The molecule has 0 saturated heterocycles. The minimum Gasteiger partial charge on any atom is -0.493 e. The van der Waals surface area contributed by atoms with Gasteiger partial charge in [0.1, 0.15) is 5.82 Å². The molecular formula is C15H18ClN3O2. The highest BCUT2D eigenvalue weighted by molar-refractivity contribution is 6.35. The molecule has 21 heavy (non-hydrogen) atoms. The van der Waals surface area contributed by atoms with Gasteiger partial charge in [0.15, 0.2) is 17.3 Å². The van der Waals surface area contributed by atoms with Gasteiger partial charge in [0, 0.05) is 17.3 Å². The molecule has 2 N–H and O–H groups in total. The summed E-state index contributed by atoms with van der Waals surface area (Å²) in [4.78, 5) is 8.78. The molecular weight excluding hydrogens is 290 g/mol. The molecule has 6 heteroatoms. The van der Waals surface area contributed by atoms with E-state index in [9.17, 15) is 0 Å². The predicted molar refractivity (Wildman–Crippen MR) is 84.0 cm³/mol. The minimum absolute atomic E-state index is 0.407. The third kappa shape index (κ3) is 3.19. The Morgan fingerprint density at radius 3 is 2.57 bits per heavy atom. The molecule has 0 unspecified atom stereocenters. The quantitative estimate of drug-likeness (QED) is 0.917. The second-order valence-corrected chi connectivity index (χ2v) is 4.90. The summed E-state index contributed by atoms with van der Waals surface area (Å²) in [5.74, 6) is 1.93. The molecule has 0 amide bonds. The van der Waals surface area contributed by atoms with Crippen LogP contribution in [0.5, 0.6) is 11.5 Å². The van der Waals surface area contributed by atoms with Crippen LogP contribution < -0.4 is 15.2 Å². The molecule has 112 valence electrons. The average molecular weight is 308 g/mol. The third-order valence-electron chi connectivity index (χ3n) is 3.03. The normalized spacial score (nSPS) is 10.5. The second-order valence-electron chi connectivity index (χ2n) is 4.52. The number of hydrogen-bond acceptors (Lipinski definition) is 5. The second kappa shape index (κ2) is 6.63. The maximum atomic E-state index is 6.38. The highest BCUT2D eigenvalue weighted by atomic mass is 35.5. The lowest BCUT2D eigenvalue weighted by molar-refractivity contribution is 0.355. The number of nitrogens with two attached hydrogens (primary N) is 1. The van der Waals surface area contributed by atoms with Crippen molar-refractivity contribution in [1.82, 2.24) is 9.97 Å². The first-order chi connectivity index (χ1) is 10.1. The maximum Gasteiger partial charge on any atom is 0.180 e. The number of hydrogen-bond donors (Lipinski definition) is 1. The van der Waals surface area contributed by atoms with Gasteiger partial charge in [-0.05, 0) is 18.6 Å². The Bertz CT molecular complexity index is 647. The fraction of sp³-hybridized carbons (Fsp3) is 0.333. The molecule has 0 aliphatic heterocycles. The Balaban J connectivity index is 2.56. The summed E-state index contributed by atoms with van der Waals surface area (Å²) in [6, 6.07) is 5.35. The van der Waals surface area contributed by atoms with Crippen molar-refractivity contribution in [3.63, 3.8) is 0 Å². The first-order valence-corrected chi connectivity index (χ1v) is 7.02. The number of aryl methyl sites for hydroxylation is 1. The summed E-state index contributed by atoms with van der Waals surface area (Å²) in [6.45, 7) is 2.08. The van der Waals surface area contributed by atoms with Crippen LogP contribution in [0, 0.1) is 0 Å². The number of ether oxygens (including phenoxy) is 2. The standard InChI is InChI=1S/C15H18ClN3O2/c1-4-5-9-8-12(17)19-15(18-9)10-6-7-11(20-2)14(21-3)13(10)16/h6-8H,4-5H2,1-3H3,(H2,17,18,19). The summed E-state index contributed by atoms with van der Waals surface area (Å²) < 4.78 is 10.5. The van der Waals surface area contributed by atoms with E-state index in [0.29, 0.717) is 33.7 Å². The van der Waals surface area contributed by atoms with Crippen LogP contribution in [0.2, 0.25) is 5.02 Å². The Hall–Kier alpha value is -2.01. The summed E-state index contributed by atoms with van der Waals surface area (Å²) in [7, 11) is 3.10. The number of methoxy groups -OCH3 is 2. The van der Waals surface area contributed by atoms with Gasteiger partial charge in [-0.25, -0.2) is 9.97 Å². The predicted octanol–water partition coefficient (Wildman–Crippen LogP) is 3.35. The van der Waals surface area contributed by atoms with E-state index in [-0.39, 0.29) is 0 Å². The molecule has 0 fully saturated rings.